The Morgan fingerprint density at radius 1 is 1.47 bits per heavy atom. The number of nitrogens with two attached hydrogens (primary N) is 1. The lowest BCUT2D eigenvalue weighted by Gasteiger charge is -2.24. The molecule has 1 amide bonds. The molecule has 0 aromatic heterocycles. The first kappa shape index (κ1) is 16.0. The molecule has 0 aliphatic rings. The standard InChI is InChI=1S/C14H21BrN2O2/c1-14(2,16)8-13(18)17(3)9-10-7-11(15)5-6-12(10)19-4/h5-7H,8-9,16H2,1-4H3. The summed E-state index contributed by atoms with van der Waals surface area (Å²) < 4.78 is 6.26. The van der Waals surface area contributed by atoms with Gasteiger partial charge in [-0.05, 0) is 32.0 Å². The third-order valence-electron chi connectivity index (χ3n) is 2.68. The number of ether oxygens (including phenoxy) is 1. The Morgan fingerprint density at radius 3 is 2.63 bits per heavy atom. The van der Waals surface area contributed by atoms with E-state index >= 15 is 0 Å². The van der Waals surface area contributed by atoms with Gasteiger partial charge < -0.3 is 15.4 Å². The van der Waals surface area contributed by atoms with Gasteiger partial charge in [0.25, 0.3) is 0 Å². The van der Waals surface area contributed by atoms with Crippen molar-refractivity contribution in [3.8, 4) is 5.75 Å². The van der Waals surface area contributed by atoms with E-state index in [4.69, 9.17) is 10.5 Å². The molecule has 0 bridgehead atoms. The fraction of sp³-hybridized carbons (Fsp3) is 0.500. The van der Waals surface area contributed by atoms with Gasteiger partial charge in [-0.3, -0.25) is 4.79 Å². The van der Waals surface area contributed by atoms with E-state index in [2.05, 4.69) is 15.9 Å². The van der Waals surface area contributed by atoms with E-state index in [0.29, 0.717) is 13.0 Å². The number of halogens is 1. The van der Waals surface area contributed by atoms with Gasteiger partial charge in [-0.1, -0.05) is 15.9 Å². The first-order chi connectivity index (χ1) is 8.73. The van der Waals surface area contributed by atoms with E-state index in [1.165, 1.54) is 0 Å². The lowest BCUT2D eigenvalue weighted by molar-refractivity contribution is -0.131. The fourth-order valence-electron chi connectivity index (χ4n) is 1.74. The van der Waals surface area contributed by atoms with Crippen molar-refractivity contribution >= 4 is 21.8 Å². The van der Waals surface area contributed by atoms with E-state index < -0.39 is 5.54 Å². The second kappa shape index (κ2) is 6.39. The number of rotatable bonds is 5. The highest BCUT2D eigenvalue weighted by Gasteiger charge is 2.20. The second-order valence-corrected chi connectivity index (χ2v) is 6.29. The van der Waals surface area contributed by atoms with Crippen molar-refractivity contribution in [1.82, 2.24) is 4.90 Å². The zero-order valence-corrected chi connectivity index (χ0v) is 13.5. The molecule has 0 aliphatic heterocycles. The summed E-state index contributed by atoms with van der Waals surface area (Å²) in [7, 11) is 3.39. The SMILES string of the molecule is COc1ccc(Br)cc1CN(C)C(=O)CC(C)(C)N. The molecular formula is C14H21BrN2O2. The van der Waals surface area contributed by atoms with Gasteiger partial charge in [0.1, 0.15) is 5.75 Å². The molecule has 0 atom stereocenters. The average Bonchev–Trinajstić information content (AvgIpc) is 2.27. The summed E-state index contributed by atoms with van der Waals surface area (Å²) >= 11 is 3.42. The predicted octanol–water partition coefficient (Wildman–Crippen LogP) is 2.54. The molecule has 2 N–H and O–H groups in total. The number of carbonyl (C=O) groups is 1. The quantitative estimate of drug-likeness (QED) is 0.903. The molecule has 0 spiro atoms. The van der Waals surface area contributed by atoms with Crippen molar-refractivity contribution in [2.45, 2.75) is 32.4 Å². The first-order valence-corrected chi connectivity index (χ1v) is 6.87. The molecule has 0 saturated carbocycles. The normalized spacial score (nSPS) is 11.3. The molecular weight excluding hydrogens is 308 g/mol. The number of hydrogen-bond donors (Lipinski definition) is 1. The number of benzene rings is 1. The van der Waals surface area contributed by atoms with Crippen LogP contribution >= 0.6 is 15.9 Å². The number of hydrogen-bond acceptors (Lipinski definition) is 3. The Kier molecular flexibility index (Phi) is 5.38. The van der Waals surface area contributed by atoms with Crippen LogP contribution in [0.15, 0.2) is 22.7 Å². The fourth-order valence-corrected chi connectivity index (χ4v) is 2.15. The van der Waals surface area contributed by atoms with Gasteiger partial charge in [-0.2, -0.15) is 0 Å². The van der Waals surface area contributed by atoms with Crippen LogP contribution in [-0.4, -0.2) is 30.5 Å². The predicted molar refractivity (Wildman–Crippen MR) is 80.1 cm³/mol. The van der Waals surface area contributed by atoms with Crippen LogP contribution in [0.4, 0.5) is 0 Å². The van der Waals surface area contributed by atoms with Gasteiger partial charge in [0.2, 0.25) is 5.91 Å². The largest absolute Gasteiger partial charge is 0.496 e. The molecule has 4 nitrogen and oxygen atoms in total. The van der Waals surface area contributed by atoms with E-state index in [9.17, 15) is 4.79 Å². The van der Waals surface area contributed by atoms with Gasteiger partial charge in [-0.15, -0.1) is 0 Å². The smallest absolute Gasteiger partial charge is 0.224 e. The maximum absolute atomic E-state index is 12.0. The van der Waals surface area contributed by atoms with Crippen molar-refractivity contribution in [1.29, 1.82) is 0 Å². The van der Waals surface area contributed by atoms with Crippen LogP contribution < -0.4 is 10.5 Å². The first-order valence-electron chi connectivity index (χ1n) is 6.08. The Labute approximate surface area is 123 Å². The van der Waals surface area contributed by atoms with Crippen molar-refractivity contribution in [2.24, 2.45) is 5.73 Å². The highest BCUT2D eigenvalue weighted by Crippen LogP contribution is 2.24. The summed E-state index contributed by atoms with van der Waals surface area (Å²) in [4.78, 5) is 13.7. The number of methoxy groups -OCH3 is 1. The summed E-state index contributed by atoms with van der Waals surface area (Å²) in [5.41, 5.74) is 6.34. The van der Waals surface area contributed by atoms with E-state index in [0.717, 1.165) is 15.8 Å². The molecule has 1 aromatic rings. The topological polar surface area (TPSA) is 55.6 Å². The van der Waals surface area contributed by atoms with Crippen molar-refractivity contribution in [2.75, 3.05) is 14.2 Å². The van der Waals surface area contributed by atoms with E-state index in [1.807, 2.05) is 32.0 Å². The zero-order chi connectivity index (χ0) is 14.6. The van der Waals surface area contributed by atoms with Crippen molar-refractivity contribution in [3.05, 3.63) is 28.2 Å². The third-order valence-corrected chi connectivity index (χ3v) is 3.18. The maximum atomic E-state index is 12.0. The Hall–Kier alpha value is -1.07. The molecule has 0 heterocycles. The summed E-state index contributed by atoms with van der Waals surface area (Å²) in [5.74, 6) is 0.796. The lowest BCUT2D eigenvalue weighted by atomic mass is 10.0. The minimum absolute atomic E-state index is 0.0227. The monoisotopic (exact) mass is 328 g/mol. The average molecular weight is 329 g/mol. The second-order valence-electron chi connectivity index (χ2n) is 5.37. The van der Waals surface area contributed by atoms with Crippen molar-refractivity contribution < 1.29 is 9.53 Å². The number of nitrogens with zero attached hydrogens (tertiary/aromatic N) is 1. The molecule has 0 fully saturated rings. The van der Waals surface area contributed by atoms with Gasteiger partial charge in [0.15, 0.2) is 0 Å². The third kappa shape index (κ3) is 5.20. The summed E-state index contributed by atoms with van der Waals surface area (Å²) in [5, 5.41) is 0. The van der Waals surface area contributed by atoms with Gasteiger partial charge in [0, 0.05) is 35.6 Å². The summed E-state index contributed by atoms with van der Waals surface area (Å²) in [6, 6.07) is 5.74. The molecule has 5 heteroatoms. The van der Waals surface area contributed by atoms with Crippen LogP contribution in [0.5, 0.6) is 5.75 Å². The van der Waals surface area contributed by atoms with Crippen LogP contribution in [0.25, 0.3) is 0 Å². The lowest BCUT2D eigenvalue weighted by Crippen LogP contribution is -2.39. The summed E-state index contributed by atoms with van der Waals surface area (Å²) in [6.45, 7) is 4.19. The maximum Gasteiger partial charge on any atom is 0.224 e. The van der Waals surface area contributed by atoms with Crippen LogP contribution in [0.1, 0.15) is 25.8 Å². The molecule has 0 radical (unpaired) electrons. The molecule has 1 aromatic carbocycles. The Morgan fingerprint density at radius 2 is 2.11 bits per heavy atom. The Bertz CT molecular complexity index is 455. The molecule has 0 saturated heterocycles. The van der Waals surface area contributed by atoms with E-state index in [-0.39, 0.29) is 5.91 Å². The molecule has 0 aliphatic carbocycles. The molecule has 19 heavy (non-hydrogen) atoms. The zero-order valence-electron chi connectivity index (χ0n) is 11.9. The molecule has 1 rings (SSSR count). The van der Waals surface area contributed by atoms with Gasteiger partial charge in [0.05, 0.1) is 7.11 Å². The van der Waals surface area contributed by atoms with Crippen LogP contribution in [0.2, 0.25) is 0 Å². The molecule has 106 valence electrons. The molecule has 0 unspecified atom stereocenters. The van der Waals surface area contributed by atoms with E-state index in [1.54, 1.807) is 19.1 Å². The van der Waals surface area contributed by atoms with Crippen LogP contribution in [0.3, 0.4) is 0 Å². The highest BCUT2D eigenvalue weighted by atomic mass is 79.9. The number of carbonyl (C=O) groups excluding carboxylic acids is 1. The minimum atomic E-state index is -0.493. The minimum Gasteiger partial charge on any atom is -0.496 e. The summed E-state index contributed by atoms with van der Waals surface area (Å²) in [6.07, 6.45) is 0.319. The van der Waals surface area contributed by atoms with Crippen LogP contribution in [0, 0.1) is 0 Å². The van der Waals surface area contributed by atoms with Gasteiger partial charge in [-0.25, -0.2) is 0 Å². The highest BCUT2D eigenvalue weighted by molar-refractivity contribution is 9.10. The number of amides is 1. The van der Waals surface area contributed by atoms with Gasteiger partial charge >= 0.3 is 0 Å². The Balaban J connectivity index is 2.79. The van der Waals surface area contributed by atoms with Crippen LogP contribution in [-0.2, 0) is 11.3 Å². The van der Waals surface area contributed by atoms with Crippen molar-refractivity contribution in [3.63, 3.8) is 0 Å².